The molecule has 0 unspecified atom stereocenters. The number of nitrogens with two attached hydrogens (primary N) is 1. The molecule has 0 spiro atoms. The number of pyridine rings is 1. The minimum absolute atomic E-state index is 0.138. The SMILES string of the molecule is COc1ccccc1NC(=O)Cn1cc(N)cc(Br)c1=O. The lowest BCUT2D eigenvalue weighted by Gasteiger charge is -2.11. The van der Waals surface area contributed by atoms with Gasteiger partial charge in [0, 0.05) is 11.9 Å². The number of anilines is 2. The van der Waals surface area contributed by atoms with Crippen molar-refractivity contribution in [2.24, 2.45) is 0 Å². The Labute approximate surface area is 129 Å². The summed E-state index contributed by atoms with van der Waals surface area (Å²) in [7, 11) is 1.52. The van der Waals surface area contributed by atoms with Gasteiger partial charge in [-0.1, -0.05) is 12.1 Å². The number of amides is 1. The normalized spacial score (nSPS) is 10.2. The Morgan fingerprint density at radius 2 is 2.14 bits per heavy atom. The molecule has 0 aliphatic rings. The Kier molecular flexibility index (Phi) is 4.64. The molecule has 2 rings (SSSR count). The lowest BCUT2D eigenvalue weighted by molar-refractivity contribution is -0.116. The van der Waals surface area contributed by atoms with Gasteiger partial charge in [-0.3, -0.25) is 9.59 Å². The minimum Gasteiger partial charge on any atom is -0.495 e. The van der Waals surface area contributed by atoms with Crippen LogP contribution in [0, 0.1) is 0 Å². The summed E-state index contributed by atoms with van der Waals surface area (Å²) < 4.78 is 6.70. The third kappa shape index (κ3) is 3.63. The van der Waals surface area contributed by atoms with Crippen molar-refractivity contribution in [2.45, 2.75) is 6.54 Å². The number of para-hydroxylation sites is 2. The molecule has 1 amide bonds. The number of nitrogens with zero attached hydrogens (tertiary/aromatic N) is 1. The summed E-state index contributed by atoms with van der Waals surface area (Å²) in [5.41, 5.74) is 6.28. The summed E-state index contributed by atoms with van der Waals surface area (Å²) in [5, 5.41) is 2.70. The van der Waals surface area contributed by atoms with Crippen LogP contribution in [0.5, 0.6) is 5.75 Å². The molecule has 0 aliphatic carbocycles. The van der Waals surface area contributed by atoms with E-state index in [0.29, 0.717) is 21.6 Å². The van der Waals surface area contributed by atoms with Gasteiger partial charge in [0.2, 0.25) is 5.91 Å². The van der Waals surface area contributed by atoms with Crippen LogP contribution in [0.4, 0.5) is 11.4 Å². The molecule has 21 heavy (non-hydrogen) atoms. The summed E-state index contributed by atoms with van der Waals surface area (Å²) in [6.07, 6.45) is 1.43. The maximum absolute atomic E-state index is 12.0. The van der Waals surface area contributed by atoms with Crippen LogP contribution in [0.1, 0.15) is 0 Å². The molecule has 1 aromatic heterocycles. The quantitative estimate of drug-likeness (QED) is 0.879. The monoisotopic (exact) mass is 351 g/mol. The Morgan fingerprint density at radius 1 is 1.43 bits per heavy atom. The van der Waals surface area contributed by atoms with Crippen molar-refractivity contribution in [3.63, 3.8) is 0 Å². The second kappa shape index (κ2) is 6.45. The highest BCUT2D eigenvalue weighted by Crippen LogP contribution is 2.22. The van der Waals surface area contributed by atoms with Gasteiger partial charge in [-0.25, -0.2) is 0 Å². The van der Waals surface area contributed by atoms with Crippen molar-refractivity contribution in [1.82, 2.24) is 4.57 Å². The Hall–Kier alpha value is -2.28. The van der Waals surface area contributed by atoms with Gasteiger partial charge in [0.15, 0.2) is 0 Å². The number of carbonyl (C=O) groups is 1. The topological polar surface area (TPSA) is 86.3 Å². The molecule has 0 saturated heterocycles. The molecular weight excluding hydrogens is 338 g/mol. The summed E-state index contributed by atoms with van der Waals surface area (Å²) >= 11 is 3.11. The van der Waals surface area contributed by atoms with Gasteiger partial charge < -0.3 is 20.4 Å². The lowest BCUT2D eigenvalue weighted by Crippen LogP contribution is -2.28. The van der Waals surface area contributed by atoms with Crippen LogP contribution in [0.25, 0.3) is 0 Å². The number of nitrogen functional groups attached to an aromatic ring is 1. The van der Waals surface area contributed by atoms with Crippen LogP contribution in [0.2, 0.25) is 0 Å². The summed E-state index contributed by atoms with van der Waals surface area (Å²) in [5.74, 6) is 0.200. The number of methoxy groups -OCH3 is 1. The molecule has 0 saturated carbocycles. The molecule has 0 radical (unpaired) electrons. The smallest absolute Gasteiger partial charge is 0.265 e. The number of hydrogen-bond acceptors (Lipinski definition) is 4. The van der Waals surface area contributed by atoms with E-state index in [1.54, 1.807) is 24.3 Å². The van der Waals surface area contributed by atoms with Crippen molar-refractivity contribution in [3.05, 3.63) is 51.4 Å². The highest BCUT2D eigenvalue weighted by atomic mass is 79.9. The highest BCUT2D eigenvalue weighted by Gasteiger charge is 2.10. The number of nitrogens with one attached hydrogen (secondary N) is 1. The van der Waals surface area contributed by atoms with Crippen molar-refractivity contribution < 1.29 is 9.53 Å². The van der Waals surface area contributed by atoms with E-state index in [-0.39, 0.29) is 18.0 Å². The summed E-state index contributed by atoms with van der Waals surface area (Å²) in [4.78, 5) is 23.9. The van der Waals surface area contributed by atoms with Gasteiger partial charge in [-0.15, -0.1) is 0 Å². The van der Waals surface area contributed by atoms with Crippen LogP contribution in [-0.2, 0) is 11.3 Å². The second-order valence-electron chi connectivity index (χ2n) is 4.30. The molecule has 110 valence electrons. The van der Waals surface area contributed by atoms with E-state index in [9.17, 15) is 9.59 Å². The molecule has 0 bridgehead atoms. The predicted molar refractivity (Wildman–Crippen MR) is 84.4 cm³/mol. The van der Waals surface area contributed by atoms with E-state index >= 15 is 0 Å². The van der Waals surface area contributed by atoms with Gasteiger partial charge in [0.1, 0.15) is 12.3 Å². The minimum atomic E-state index is -0.348. The lowest BCUT2D eigenvalue weighted by atomic mass is 10.3. The number of halogens is 1. The van der Waals surface area contributed by atoms with E-state index in [1.807, 2.05) is 0 Å². The van der Waals surface area contributed by atoms with Crippen molar-refractivity contribution in [3.8, 4) is 5.75 Å². The molecular formula is C14H14BrN3O3. The maximum atomic E-state index is 12.0. The summed E-state index contributed by atoms with van der Waals surface area (Å²) in [6.45, 7) is -0.138. The number of benzene rings is 1. The van der Waals surface area contributed by atoms with Gasteiger partial charge in [0.05, 0.1) is 17.3 Å². The highest BCUT2D eigenvalue weighted by molar-refractivity contribution is 9.10. The molecule has 6 nitrogen and oxygen atoms in total. The van der Waals surface area contributed by atoms with E-state index in [4.69, 9.17) is 10.5 Å². The number of rotatable bonds is 4. The average molecular weight is 352 g/mol. The fourth-order valence-corrected chi connectivity index (χ4v) is 2.32. The first kappa shape index (κ1) is 15.1. The number of carbonyl (C=O) groups excluding carboxylic acids is 1. The van der Waals surface area contributed by atoms with Crippen LogP contribution < -0.4 is 21.3 Å². The van der Waals surface area contributed by atoms with Crippen LogP contribution in [0.3, 0.4) is 0 Å². The van der Waals surface area contributed by atoms with E-state index < -0.39 is 0 Å². The molecule has 0 atom stereocenters. The van der Waals surface area contributed by atoms with Gasteiger partial charge in [-0.05, 0) is 34.1 Å². The number of ether oxygens (including phenoxy) is 1. The second-order valence-corrected chi connectivity index (χ2v) is 5.16. The van der Waals surface area contributed by atoms with Crippen LogP contribution in [0.15, 0.2) is 45.8 Å². The predicted octanol–water partition coefficient (Wildman–Crippen LogP) is 1.84. The Balaban J connectivity index is 2.18. The molecule has 3 N–H and O–H groups in total. The van der Waals surface area contributed by atoms with Crippen molar-refractivity contribution in [1.29, 1.82) is 0 Å². The van der Waals surface area contributed by atoms with Crippen LogP contribution in [-0.4, -0.2) is 17.6 Å². The van der Waals surface area contributed by atoms with Crippen molar-refractivity contribution in [2.75, 3.05) is 18.2 Å². The van der Waals surface area contributed by atoms with Gasteiger partial charge in [0.25, 0.3) is 5.56 Å². The van der Waals surface area contributed by atoms with Crippen LogP contribution >= 0.6 is 15.9 Å². The largest absolute Gasteiger partial charge is 0.495 e. The first-order valence-electron chi connectivity index (χ1n) is 6.09. The summed E-state index contributed by atoms with van der Waals surface area (Å²) in [6, 6.07) is 8.53. The van der Waals surface area contributed by atoms with E-state index in [1.165, 1.54) is 23.9 Å². The number of hydrogen-bond donors (Lipinski definition) is 2. The zero-order valence-electron chi connectivity index (χ0n) is 11.3. The van der Waals surface area contributed by atoms with Gasteiger partial charge in [-0.2, -0.15) is 0 Å². The molecule has 7 heteroatoms. The zero-order valence-corrected chi connectivity index (χ0v) is 12.9. The first-order valence-corrected chi connectivity index (χ1v) is 6.89. The van der Waals surface area contributed by atoms with Crippen molar-refractivity contribution >= 4 is 33.2 Å². The standard InChI is InChI=1S/C14H14BrN3O3/c1-21-12-5-3-2-4-11(12)17-13(19)8-18-7-9(16)6-10(15)14(18)20/h2-7H,8,16H2,1H3,(H,17,19). The number of aromatic nitrogens is 1. The molecule has 2 aromatic rings. The zero-order chi connectivity index (χ0) is 15.4. The molecule has 0 fully saturated rings. The van der Waals surface area contributed by atoms with E-state index in [2.05, 4.69) is 21.2 Å². The third-order valence-corrected chi connectivity index (χ3v) is 3.33. The fraction of sp³-hybridized carbons (Fsp3) is 0.143. The fourth-order valence-electron chi connectivity index (χ4n) is 1.83. The Morgan fingerprint density at radius 3 is 2.86 bits per heavy atom. The van der Waals surface area contributed by atoms with E-state index in [0.717, 1.165) is 0 Å². The first-order chi connectivity index (χ1) is 10.0. The molecule has 1 aromatic carbocycles. The third-order valence-electron chi connectivity index (χ3n) is 2.76. The Bertz CT molecular complexity index is 728. The maximum Gasteiger partial charge on any atom is 0.265 e. The average Bonchev–Trinajstić information content (AvgIpc) is 2.44. The van der Waals surface area contributed by atoms with Gasteiger partial charge >= 0.3 is 0 Å². The molecule has 0 aliphatic heterocycles. The molecule has 1 heterocycles.